The molecule has 0 atom stereocenters. The first-order chi connectivity index (χ1) is 7.19. The summed E-state index contributed by atoms with van der Waals surface area (Å²) in [7, 11) is 1.71. The van der Waals surface area contributed by atoms with Gasteiger partial charge in [-0.3, -0.25) is 10.2 Å². The lowest BCUT2D eigenvalue weighted by atomic mass is 9.94. The van der Waals surface area contributed by atoms with Crippen LogP contribution in [0.25, 0.3) is 0 Å². The molecule has 1 saturated carbocycles. The molecule has 1 fully saturated rings. The predicted molar refractivity (Wildman–Crippen MR) is 59.3 cm³/mol. The summed E-state index contributed by atoms with van der Waals surface area (Å²) >= 11 is 0. The molecule has 15 heavy (non-hydrogen) atoms. The molecule has 3 heteroatoms. The summed E-state index contributed by atoms with van der Waals surface area (Å²) < 4.78 is 0. The van der Waals surface area contributed by atoms with E-state index in [2.05, 4.69) is 29.9 Å². The standard InChI is InChI=1S/C12H16N2O/c1-9-4-3-5-10(8-9)12(6-7-12)11(15)14-13-2/h3-5,8,13H,6-7H2,1-2H3,(H,14,15). The largest absolute Gasteiger partial charge is 0.291 e. The van der Waals surface area contributed by atoms with E-state index >= 15 is 0 Å². The number of aryl methyl sites for hydroxylation is 1. The maximum absolute atomic E-state index is 11.9. The molecule has 0 unspecified atom stereocenters. The van der Waals surface area contributed by atoms with E-state index in [1.807, 2.05) is 12.1 Å². The van der Waals surface area contributed by atoms with Crippen LogP contribution in [0.15, 0.2) is 24.3 Å². The molecule has 1 aromatic carbocycles. The number of carbonyl (C=O) groups excluding carboxylic acids is 1. The van der Waals surface area contributed by atoms with Gasteiger partial charge in [0.25, 0.3) is 0 Å². The molecule has 80 valence electrons. The average molecular weight is 204 g/mol. The van der Waals surface area contributed by atoms with Crippen LogP contribution >= 0.6 is 0 Å². The van der Waals surface area contributed by atoms with Gasteiger partial charge >= 0.3 is 0 Å². The van der Waals surface area contributed by atoms with E-state index in [-0.39, 0.29) is 11.3 Å². The maximum Gasteiger partial charge on any atom is 0.244 e. The van der Waals surface area contributed by atoms with Crippen molar-refractivity contribution in [3.63, 3.8) is 0 Å². The second-order valence-electron chi connectivity index (χ2n) is 4.16. The van der Waals surface area contributed by atoms with Crippen molar-refractivity contribution in [2.45, 2.75) is 25.2 Å². The van der Waals surface area contributed by atoms with Gasteiger partial charge in [-0.2, -0.15) is 0 Å². The Labute approximate surface area is 89.8 Å². The molecular weight excluding hydrogens is 188 g/mol. The smallest absolute Gasteiger partial charge is 0.244 e. The van der Waals surface area contributed by atoms with Gasteiger partial charge in [0.15, 0.2) is 0 Å². The summed E-state index contributed by atoms with van der Waals surface area (Å²) in [6.07, 6.45) is 1.90. The fourth-order valence-corrected chi connectivity index (χ4v) is 1.95. The van der Waals surface area contributed by atoms with Gasteiger partial charge in [-0.05, 0) is 25.3 Å². The minimum atomic E-state index is -0.269. The fraction of sp³-hybridized carbons (Fsp3) is 0.417. The molecule has 1 aromatic rings. The number of amides is 1. The lowest BCUT2D eigenvalue weighted by Gasteiger charge is -2.15. The van der Waals surface area contributed by atoms with Crippen molar-refractivity contribution in [2.24, 2.45) is 0 Å². The molecule has 1 amide bonds. The summed E-state index contributed by atoms with van der Waals surface area (Å²) in [5.41, 5.74) is 7.45. The molecular formula is C12H16N2O. The zero-order valence-electron chi connectivity index (χ0n) is 9.13. The van der Waals surface area contributed by atoms with Crippen LogP contribution < -0.4 is 10.9 Å². The third-order valence-electron chi connectivity index (χ3n) is 2.99. The van der Waals surface area contributed by atoms with Crippen LogP contribution in [-0.4, -0.2) is 13.0 Å². The Morgan fingerprint density at radius 2 is 2.13 bits per heavy atom. The Hall–Kier alpha value is -1.35. The van der Waals surface area contributed by atoms with Gasteiger partial charge in [0.2, 0.25) is 5.91 Å². The Bertz CT molecular complexity index is 383. The summed E-state index contributed by atoms with van der Waals surface area (Å²) in [4.78, 5) is 11.9. The number of hydrogen-bond donors (Lipinski definition) is 2. The molecule has 0 radical (unpaired) electrons. The zero-order chi connectivity index (χ0) is 10.9. The molecule has 0 saturated heterocycles. The Morgan fingerprint density at radius 1 is 1.40 bits per heavy atom. The number of benzene rings is 1. The fourth-order valence-electron chi connectivity index (χ4n) is 1.95. The van der Waals surface area contributed by atoms with E-state index in [1.165, 1.54) is 5.56 Å². The molecule has 0 spiro atoms. The molecule has 0 aliphatic heterocycles. The number of hydrogen-bond acceptors (Lipinski definition) is 2. The first-order valence-electron chi connectivity index (χ1n) is 5.23. The van der Waals surface area contributed by atoms with Gasteiger partial charge < -0.3 is 0 Å². The highest BCUT2D eigenvalue weighted by Gasteiger charge is 2.51. The van der Waals surface area contributed by atoms with Crippen LogP contribution in [0.2, 0.25) is 0 Å². The van der Waals surface area contributed by atoms with Gasteiger partial charge in [-0.25, -0.2) is 5.43 Å². The summed E-state index contributed by atoms with van der Waals surface area (Å²) in [5, 5.41) is 0. The number of nitrogens with one attached hydrogen (secondary N) is 2. The SMILES string of the molecule is CNNC(=O)C1(c2cccc(C)c2)CC1. The van der Waals surface area contributed by atoms with Gasteiger partial charge in [0.05, 0.1) is 5.41 Å². The van der Waals surface area contributed by atoms with Crippen molar-refractivity contribution in [2.75, 3.05) is 7.05 Å². The van der Waals surface area contributed by atoms with E-state index < -0.39 is 0 Å². The average Bonchev–Trinajstić information content (AvgIpc) is 2.99. The van der Waals surface area contributed by atoms with Crippen molar-refractivity contribution < 1.29 is 4.79 Å². The molecule has 2 N–H and O–H groups in total. The van der Waals surface area contributed by atoms with Gasteiger partial charge in [-0.15, -0.1) is 0 Å². The van der Waals surface area contributed by atoms with Crippen LogP contribution in [0.5, 0.6) is 0 Å². The van der Waals surface area contributed by atoms with Crippen molar-refractivity contribution in [1.82, 2.24) is 10.9 Å². The monoisotopic (exact) mass is 204 g/mol. The van der Waals surface area contributed by atoms with Crippen LogP contribution in [0, 0.1) is 6.92 Å². The minimum absolute atomic E-state index is 0.0793. The van der Waals surface area contributed by atoms with Crippen LogP contribution in [0.1, 0.15) is 24.0 Å². The third kappa shape index (κ3) is 1.75. The second-order valence-corrected chi connectivity index (χ2v) is 4.16. The Kier molecular flexibility index (Phi) is 2.49. The molecule has 2 rings (SSSR count). The van der Waals surface area contributed by atoms with Crippen molar-refractivity contribution >= 4 is 5.91 Å². The van der Waals surface area contributed by atoms with Gasteiger partial charge in [0.1, 0.15) is 0 Å². The number of carbonyl (C=O) groups is 1. The third-order valence-corrected chi connectivity index (χ3v) is 2.99. The molecule has 0 heterocycles. The lowest BCUT2D eigenvalue weighted by molar-refractivity contribution is -0.124. The summed E-state index contributed by atoms with van der Waals surface area (Å²) in [5.74, 6) is 0.0793. The van der Waals surface area contributed by atoms with E-state index in [1.54, 1.807) is 7.05 Å². The molecule has 1 aliphatic carbocycles. The second kappa shape index (κ2) is 3.66. The number of rotatable bonds is 3. The molecule has 3 nitrogen and oxygen atoms in total. The van der Waals surface area contributed by atoms with Gasteiger partial charge in [0, 0.05) is 7.05 Å². The number of hydrazine groups is 1. The molecule has 0 bridgehead atoms. The predicted octanol–water partition coefficient (Wildman–Crippen LogP) is 1.28. The molecule has 0 aromatic heterocycles. The molecule has 1 aliphatic rings. The van der Waals surface area contributed by atoms with Crippen LogP contribution in [0.4, 0.5) is 0 Å². The highest BCUT2D eigenvalue weighted by molar-refractivity contribution is 5.90. The highest BCUT2D eigenvalue weighted by atomic mass is 16.2. The zero-order valence-corrected chi connectivity index (χ0v) is 9.13. The van der Waals surface area contributed by atoms with E-state index in [0.717, 1.165) is 18.4 Å². The summed E-state index contributed by atoms with van der Waals surface area (Å²) in [6, 6.07) is 8.20. The summed E-state index contributed by atoms with van der Waals surface area (Å²) in [6.45, 7) is 2.05. The van der Waals surface area contributed by atoms with Gasteiger partial charge in [-0.1, -0.05) is 29.8 Å². The Balaban J connectivity index is 2.26. The minimum Gasteiger partial charge on any atom is -0.291 e. The normalized spacial score (nSPS) is 17.2. The lowest BCUT2D eigenvalue weighted by Crippen LogP contribution is -2.41. The quantitative estimate of drug-likeness (QED) is 0.728. The van der Waals surface area contributed by atoms with Crippen molar-refractivity contribution in [1.29, 1.82) is 0 Å². The van der Waals surface area contributed by atoms with E-state index in [4.69, 9.17) is 0 Å². The topological polar surface area (TPSA) is 41.1 Å². The first-order valence-corrected chi connectivity index (χ1v) is 5.23. The van der Waals surface area contributed by atoms with Crippen LogP contribution in [-0.2, 0) is 10.2 Å². The highest BCUT2D eigenvalue weighted by Crippen LogP contribution is 2.48. The van der Waals surface area contributed by atoms with Crippen molar-refractivity contribution in [3.05, 3.63) is 35.4 Å². The maximum atomic E-state index is 11.9. The first kappa shape index (κ1) is 10.2. The van der Waals surface area contributed by atoms with E-state index in [0.29, 0.717) is 0 Å². The van der Waals surface area contributed by atoms with Crippen molar-refractivity contribution in [3.8, 4) is 0 Å². The van der Waals surface area contributed by atoms with E-state index in [9.17, 15) is 4.79 Å². The van der Waals surface area contributed by atoms with Crippen LogP contribution in [0.3, 0.4) is 0 Å². The Morgan fingerprint density at radius 3 is 2.67 bits per heavy atom.